The molecule has 2 nitrogen and oxygen atoms in total. The van der Waals surface area contributed by atoms with Crippen LogP contribution in [0.5, 0.6) is 0 Å². The molecule has 0 bridgehead atoms. The quantitative estimate of drug-likeness (QED) is 0.879. The number of hydrogen-bond acceptors (Lipinski definition) is 2. The van der Waals surface area contributed by atoms with Gasteiger partial charge in [-0.25, -0.2) is 0 Å². The van der Waals surface area contributed by atoms with E-state index in [-0.39, 0.29) is 0 Å². The van der Waals surface area contributed by atoms with Crippen molar-refractivity contribution in [3.8, 4) is 0 Å². The second-order valence-electron chi connectivity index (χ2n) is 6.32. The SMILES string of the molecule is c1ccc(CC2CSC(=NCCC3CCCCC3)N2)cc1. The Morgan fingerprint density at radius 2 is 1.90 bits per heavy atom. The van der Waals surface area contributed by atoms with Crippen LogP contribution in [0, 0.1) is 5.92 Å². The molecule has 1 saturated heterocycles. The van der Waals surface area contributed by atoms with Gasteiger partial charge in [0.05, 0.1) is 0 Å². The molecule has 1 saturated carbocycles. The van der Waals surface area contributed by atoms with Gasteiger partial charge < -0.3 is 5.32 Å². The van der Waals surface area contributed by atoms with Crippen molar-refractivity contribution in [3.63, 3.8) is 0 Å². The van der Waals surface area contributed by atoms with Crippen LogP contribution < -0.4 is 5.32 Å². The summed E-state index contributed by atoms with van der Waals surface area (Å²) in [6, 6.07) is 11.3. The van der Waals surface area contributed by atoms with Crippen LogP contribution in [0.2, 0.25) is 0 Å². The third-order valence-electron chi connectivity index (χ3n) is 4.59. The third-order valence-corrected chi connectivity index (χ3v) is 5.68. The number of amidine groups is 1. The van der Waals surface area contributed by atoms with E-state index in [0.717, 1.165) is 24.6 Å². The van der Waals surface area contributed by atoms with Crippen LogP contribution in [0.25, 0.3) is 0 Å². The molecular weight excluding hydrogens is 276 g/mol. The molecule has 1 heterocycles. The van der Waals surface area contributed by atoms with Gasteiger partial charge in [-0.15, -0.1) is 0 Å². The van der Waals surface area contributed by atoms with Crippen molar-refractivity contribution in [1.29, 1.82) is 0 Å². The highest BCUT2D eigenvalue weighted by atomic mass is 32.2. The zero-order chi connectivity index (χ0) is 14.3. The Labute approximate surface area is 132 Å². The fraction of sp³-hybridized carbons (Fsp3) is 0.611. The molecule has 1 aromatic rings. The van der Waals surface area contributed by atoms with E-state index in [9.17, 15) is 0 Å². The highest BCUT2D eigenvalue weighted by Gasteiger charge is 2.20. The van der Waals surface area contributed by atoms with E-state index < -0.39 is 0 Å². The summed E-state index contributed by atoms with van der Waals surface area (Å²) >= 11 is 1.90. The maximum absolute atomic E-state index is 4.78. The van der Waals surface area contributed by atoms with Crippen molar-refractivity contribution in [1.82, 2.24) is 5.32 Å². The van der Waals surface area contributed by atoms with Crippen molar-refractivity contribution in [2.45, 2.75) is 51.0 Å². The summed E-state index contributed by atoms with van der Waals surface area (Å²) in [6.45, 7) is 1.01. The van der Waals surface area contributed by atoms with Crippen LogP contribution in [-0.4, -0.2) is 23.5 Å². The van der Waals surface area contributed by atoms with Crippen LogP contribution in [0.4, 0.5) is 0 Å². The van der Waals surface area contributed by atoms with E-state index in [1.807, 2.05) is 11.8 Å². The molecule has 2 aliphatic rings. The van der Waals surface area contributed by atoms with Crippen molar-refractivity contribution in [2.75, 3.05) is 12.3 Å². The normalized spacial score (nSPS) is 25.1. The lowest BCUT2D eigenvalue weighted by Crippen LogP contribution is -2.29. The largest absolute Gasteiger partial charge is 0.361 e. The van der Waals surface area contributed by atoms with Gasteiger partial charge in [-0.3, -0.25) is 4.99 Å². The second-order valence-corrected chi connectivity index (χ2v) is 7.33. The summed E-state index contributed by atoms with van der Waals surface area (Å²) < 4.78 is 0. The van der Waals surface area contributed by atoms with Gasteiger partial charge >= 0.3 is 0 Å². The van der Waals surface area contributed by atoms with E-state index >= 15 is 0 Å². The molecule has 1 aliphatic heterocycles. The molecule has 1 aromatic carbocycles. The van der Waals surface area contributed by atoms with Gasteiger partial charge in [-0.2, -0.15) is 0 Å². The lowest BCUT2D eigenvalue weighted by Gasteiger charge is -2.20. The number of aliphatic imine (C=N–C) groups is 1. The second kappa shape index (κ2) is 7.88. The molecule has 0 spiro atoms. The third kappa shape index (κ3) is 4.77. The molecule has 1 unspecified atom stereocenters. The highest BCUT2D eigenvalue weighted by molar-refractivity contribution is 8.14. The number of nitrogens with one attached hydrogen (secondary N) is 1. The summed E-state index contributed by atoms with van der Waals surface area (Å²) in [5.41, 5.74) is 1.42. The number of rotatable bonds is 5. The van der Waals surface area contributed by atoms with Crippen LogP contribution >= 0.6 is 11.8 Å². The summed E-state index contributed by atoms with van der Waals surface area (Å²) in [5, 5.41) is 4.76. The minimum Gasteiger partial charge on any atom is -0.361 e. The molecule has 3 heteroatoms. The van der Waals surface area contributed by atoms with E-state index in [4.69, 9.17) is 4.99 Å². The number of nitrogens with zero attached hydrogens (tertiary/aromatic N) is 1. The van der Waals surface area contributed by atoms with E-state index in [1.54, 1.807) is 0 Å². The maximum Gasteiger partial charge on any atom is 0.156 e. The monoisotopic (exact) mass is 302 g/mol. The Kier molecular flexibility index (Phi) is 5.61. The van der Waals surface area contributed by atoms with Gasteiger partial charge in [-0.05, 0) is 24.3 Å². The average molecular weight is 302 g/mol. The molecule has 1 atom stereocenters. The molecule has 0 radical (unpaired) electrons. The van der Waals surface area contributed by atoms with Gasteiger partial charge in [0, 0.05) is 18.3 Å². The summed E-state index contributed by atoms with van der Waals surface area (Å²) in [7, 11) is 0. The zero-order valence-corrected chi connectivity index (χ0v) is 13.6. The Morgan fingerprint density at radius 3 is 2.71 bits per heavy atom. The van der Waals surface area contributed by atoms with Crippen LogP contribution in [0.1, 0.15) is 44.1 Å². The first-order chi connectivity index (χ1) is 10.4. The lowest BCUT2D eigenvalue weighted by atomic mass is 9.87. The maximum atomic E-state index is 4.78. The molecule has 0 amide bonds. The molecule has 2 fully saturated rings. The minimum atomic E-state index is 0.547. The molecule has 0 aromatic heterocycles. The lowest BCUT2D eigenvalue weighted by molar-refractivity contribution is 0.343. The predicted octanol–water partition coefficient (Wildman–Crippen LogP) is 4.26. The van der Waals surface area contributed by atoms with Gasteiger partial charge in [0.2, 0.25) is 0 Å². The number of benzene rings is 1. The molecule has 1 N–H and O–H groups in total. The van der Waals surface area contributed by atoms with Gasteiger partial charge in [0.15, 0.2) is 5.17 Å². The molecule has 3 rings (SSSR count). The summed E-state index contributed by atoms with van der Waals surface area (Å²) in [5.74, 6) is 2.09. The smallest absolute Gasteiger partial charge is 0.156 e. The predicted molar refractivity (Wildman–Crippen MR) is 93.0 cm³/mol. The Morgan fingerprint density at radius 1 is 1.10 bits per heavy atom. The van der Waals surface area contributed by atoms with Gasteiger partial charge in [-0.1, -0.05) is 74.2 Å². The number of thioether (sulfide) groups is 1. The Balaban J connectivity index is 1.40. The molecule has 1 aliphatic carbocycles. The standard InChI is InChI=1S/C18H26N2S/c1-3-7-15(8-4-1)11-12-19-18-20-17(14-21-18)13-16-9-5-2-6-10-16/h2,5-6,9-10,15,17H,1,3-4,7-8,11-14H2,(H,19,20). The molecule has 114 valence electrons. The minimum absolute atomic E-state index is 0.547. The van der Waals surface area contributed by atoms with E-state index in [2.05, 4.69) is 35.6 Å². The first kappa shape index (κ1) is 15.0. The van der Waals surface area contributed by atoms with Crippen molar-refractivity contribution in [2.24, 2.45) is 10.9 Å². The zero-order valence-electron chi connectivity index (χ0n) is 12.8. The fourth-order valence-corrected chi connectivity index (χ4v) is 4.35. The van der Waals surface area contributed by atoms with Crippen LogP contribution in [-0.2, 0) is 6.42 Å². The average Bonchev–Trinajstić information content (AvgIpc) is 2.97. The Hall–Kier alpha value is -0.960. The first-order valence-corrected chi connectivity index (χ1v) is 9.36. The van der Waals surface area contributed by atoms with E-state index in [1.165, 1.54) is 49.3 Å². The van der Waals surface area contributed by atoms with Gasteiger partial charge in [0.25, 0.3) is 0 Å². The van der Waals surface area contributed by atoms with Crippen molar-refractivity contribution in [3.05, 3.63) is 35.9 Å². The topological polar surface area (TPSA) is 24.4 Å². The molecule has 21 heavy (non-hydrogen) atoms. The van der Waals surface area contributed by atoms with Crippen LogP contribution in [0.3, 0.4) is 0 Å². The molecular formula is C18H26N2S. The van der Waals surface area contributed by atoms with E-state index in [0.29, 0.717) is 6.04 Å². The fourth-order valence-electron chi connectivity index (χ4n) is 3.36. The van der Waals surface area contributed by atoms with Crippen LogP contribution in [0.15, 0.2) is 35.3 Å². The van der Waals surface area contributed by atoms with Crippen molar-refractivity contribution < 1.29 is 0 Å². The van der Waals surface area contributed by atoms with Crippen molar-refractivity contribution >= 4 is 16.9 Å². The summed E-state index contributed by atoms with van der Waals surface area (Å²) in [6.07, 6.45) is 9.58. The first-order valence-electron chi connectivity index (χ1n) is 8.38. The Bertz CT molecular complexity index is 452. The highest BCUT2D eigenvalue weighted by Crippen LogP contribution is 2.26. The summed E-state index contributed by atoms with van der Waals surface area (Å²) in [4.78, 5) is 4.78. The van der Waals surface area contributed by atoms with Gasteiger partial charge in [0.1, 0.15) is 0 Å². The number of hydrogen-bond donors (Lipinski definition) is 1.